The summed E-state index contributed by atoms with van der Waals surface area (Å²) in [5, 5.41) is 6.62. The number of hydrogen-bond donors (Lipinski definition) is 1. The summed E-state index contributed by atoms with van der Waals surface area (Å²) in [6.07, 6.45) is 1.37. The molecule has 0 saturated heterocycles. The summed E-state index contributed by atoms with van der Waals surface area (Å²) in [5.74, 6) is 1.26. The molecule has 18 heavy (non-hydrogen) atoms. The van der Waals surface area contributed by atoms with Gasteiger partial charge in [-0.05, 0) is 17.7 Å². The standard InChI is InChI=1S/C13H15N3O2/c1-3-13-15-12(16-18-13)8-10-4-6-11(7-5-10)14-9(2)17/h4-7H,3,8H2,1-2H3,(H,14,17). The summed E-state index contributed by atoms with van der Waals surface area (Å²) in [6.45, 7) is 3.46. The van der Waals surface area contributed by atoms with E-state index in [0.717, 1.165) is 17.7 Å². The Bertz CT molecular complexity index is 531. The van der Waals surface area contributed by atoms with Crippen LogP contribution in [-0.2, 0) is 17.6 Å². The molecule has 2 aromatic rings. The van der Waals surface area contributed by atoms with E-state index in [1.165, 1.54) is 6.92 Å². The first-order chi connectivity index (χ1) is 8.67. The van der Waals surface area contributed by atoms with Crippen LogP contribution in [0.3, 0.4) is 0 Å². The van der Waals surface area contributed by atoms with Gasteiger partial charge in [-0.15, -0.1) is 0 Å². The van der Waals surface area contributed by atoms with E-state index in [0.29, 0.717) is 18.1 Å². The lowest BCUT2D eigenvalue weighted by atomic mass is 10.1. The minimum absolute atomic E-state index is 0.0755. The van der Waals surface area contributed by atoms with Gasteiger partial charge in [0.15, 0.2) is 5.82 Å². The maximum atomic E-state index is 10.9. The van der Waals surface area contributed by atoms with Gasteiger partial charge in [0.05, 0.1) is 0 Å². The SMILES string of the molecule is CCc1nc(Cc2ccc(NC(C)=O)cc2)no1. The van der Waals surface area contributed by atoms with Crippen molar-refractivity contribution in [3.8, 4) is 0 Å². The van der Waals surface area contributed by atoms with E-state index in [1.54, 1.807) is 0 Å². The number of nitrogens with zero attached hydrogens (tertiary/aromatic N) is 2. The van der Waals surface area contributed by atoms with Crippen LogP contribution in [0.15, 0.2) is 28.8 Å². The molecule has 1 heterocycles. The number of aromatic nitrogens is 2. The summed E-state index contributed by atoms with van der Waals surface area (Å²) >= 11 is 0. The fourth-order valence-corrected chi connectivity index (χ4v) is 1.60. The second-order valence-corrected chi connectivity index (χ2v) is 4.01. The molecule has 0 atom stereocenters. The Labute approximate surface area is 105 Å². The van der Waals surface area contributed by atoms with Crippen molar-refractivity contribution in [2.24, 2.45) is 0 Å². The molecule has 1 aromatic carbocycles. The number of carbonyl (C=O) groups excluding carboxylic acids is 1. The topological polar surface area (TPSA) is 68.0 Å². The molecule has 0 radical (unpaired) electrons. The van der Waals surface area contributed by atoms with Crippen molar-refractivity contribution in [2.45, 2.75) is 26.7 Å². The number of carbonyl (C=O) groups is 1. The number of nitrogens with one attached hydrogen (secondary N) is 1. The lowest BCUT2D eigenvalue weighted by Gasteiger charge is -2.02. The molecule has 5 heteroatoms. The average Bonchev–Trinajstić information content (AvgIpc) is 2.79. The maximum Gasteiger partial charge on any atom is 0.226 e. The fraction of sp³-hybridized carbons (Fsp3) is 0.308. The van der Waals surface area contributed by atoms with Crippen LogP contribution in [-0.4, -0.2) is 16.0 Å². The number of aryl methyl sites for hydroxylation is 1. The maximum absolute atomic E-state index is 10.9. The molecule has 5 nitrogen and oxygen atoms in total. The largest absolute Gasteiger partial charge is 0.339 e. The third-order valence-electron chi connectivity index (χ3n) is 2.45. The summed E-state index contributed by atoms with van der Waals surface area (Å²) in [6, 6.07) is 7.59. The second kappa shape index (κ2) is 5.44. The van der Waals surface area contributed by atoms with Crippen LogP contribution in [0, 0.1) is 0 Å². The average molecular weight is 245 g/mol. The van der Waals surface area contributed by atoms with Gasteiger partial charge >= 0.3 is 0 Å². The molecular weight excluding hydrogens is 230 g/mol. The quantitative estimate of drug-likeness (QED) is 0.896. The highest BCUT2D eigenvalue weighted by Gasteiger charge is 2.05. The van der Waals surface area contributed by atoms with Gasteiger partial charge < -0.3 is 9.84 Å². The van der Waals surface area contributed by atoms with Gasteiger partial charge in [-0.25, -0.2) is 0 Å². The summed E-state index contributed by atoms with van der Waals surface area (Å²) in [7, 11) is 0. The van der Waals surface area contributed by atoms with Crippen LogP contribution in [0.25, 0.3) is 0 Å². The lowest BCUT2D eigenvalue weighted by molar-refractivity contribution is -0.114. The van der Waals surface area contributed by atoms with Gasteiger partial charge in [0, 0.05) is 25.5 Å². The molecule has 0 bridgehead atoms. The van der Waals surface area contributed by atoms with Crippen LogP contribution in [0.1, 0.15) is 31.1 Å². The minimum atomic E-state index is -0.0755. The van der Waals surface area contributed by atoms with Gasteiger partial charge in [0.1, 0.15) is 0 Å². The number of benzene rings is 1. The first-order valence-electron chi connectivity index (χ1n) is 5.85. The molecule has 0 aliphatic rings. The van der Waals surface area contributed by atoms with Crippen molar-refractivity contribution in [3.63, 3.8) is 0 Å². The third kappa shape index (κ3) is 3.16. The molecule has 1 N–H and O–H groups in total. The number of amides is 1. The smallest absolute Gasteiger partial charge is 0.226 e. The highest BCUT2D eigenvalue weighted by atomic mass is 16.5. The monoisotopic (exact) mass is 245 g/mol. The van der Waals surface area contributed by atoms with Crippen molar-refractivity contribution in [2.75, 3.05) is 5.32 Å². The minimum Gasteiger partial charge on any atom is -0.339 e. The number of rotatable bonds is 4. The Balaban J connectivity index is 2.03. The highest BCUT2D eigenvalue weighted by molar-refractivity contribution is 5.88. The predicted molar refractivity (Wildman–Crippen MR) is 67.2 cm³/mol. The molecule has 1 amide bonds. The van der Waals surface area contributed by atoms with E-state index < -0.39 is 0 Å². The molecule has 1 aromatic heterocycles. The van der Waals surface area contributed by atoms with Crippen LogP contribution < -0.4 is 5.32 Å². The molecule has 0 fully saturated rings. The zero-order valence-electron chi connectivity index (χ0n) is 10.4. The van der Waals surface area contributed by atoms with Crippen LogP contribution >= 0.6 is 0 Å². The van der Waals surface area contributed by atoms with E-state index in [4.69, 9.17) is 4.52 Å². The van der Waals surface area contributed by atoms with Crippen molar-refractivity contribution >= 4 is 11.6 Å². The first-order valence-corrected chi connectivity index (χ1v) is 5.85. The van der Waals surface area contributed by atoms with Crippen LogP contribution in [0.2, 0.25) is 0 Å². The molecule has 0 unspecified atom stereocenters. The summed E-state index contributed by atoms with van der Waals surface area (Å²) in [5.41, 5.74) is 1.86. The van der Waals surface area contributed by atoms with Crippen LogP contribution in [0.5, 0.6) is 0 Å². The van der Waals surface area contributed by atoms with Gasteiger partial charge in [-0.2, -0.15) is 4.98 Å². The van der Waals surface area contributed by atoms with E-state index in [2.05, 4.69) is 15.5 Å². The van der Waals surface area contributed by atoms with E-state index in [9.17, 15) is 4.79 Å². The Morgan fingerprint density at radius 3 is 2.61 bits per heavy atom. The Kier molecular flexibility index (Phi) is 3.72. The molecule has 0 aliphatic heterocycles. The van der Waals surface area contributed by atoms with Gasteiger partial charge in [-0.3, -0.25) is 4.79 Å². The molecule has 0 saturated carbocycles. The predicted octanol–water partition coefficient (Wildman–Crippen LogP) is 2.18. The first kappa shape index (κ1) is 12.3. The highest BCUT2D eigenvalue weighted by Crippen LogP contribution is 2.12. The van der Waals surface area contributed by atoms with E-state index >= 15 is 0 Å². The van der Waals surface area contributed by atoms with E-state index in [-0.39, 0.29) is 5.91 Å². The zero-order chi connectivity index (χ0) is 13.0. The van der Waals surface area contributed by atoms with Crippen LogP contribution in [0.4, 0.5) is 5.69 Å². The molecule has 94 valence electrons. The van der Waals surface area contributed by atoms with E-state index in [1.807, 2.05) is 31.2 Å². The number of anilines is 1. The van der Waals surface area contributed by atoms with Crippen molar-refractivity contribution in [3.05, 3.63) is 41.5 Å². The molecule has 0 spiro atoms. The van der Waals surface area contributed by atoms with Gasteiger partial charge in [0.2, 0.25) is 11.8 Å². The third-order valence-corrected chi connectivity index (χ3v) is 2.45. The normalized spacial score (nSPS) is 10.3. The second-order valence-electron chi connectivity index (χ2n) is 4.01. The summed E-state index contributed by atoms with van der Waals surface area (Å²) in [4.78, 5) is 15.1. The Morgan fingerprint density at radius 1 is 1.33 bits per heavy atom. The summed E-state index contributed by atoms with van der Waals surface area (Å²) < 4.78 is 5.04. The Morgan fingerprint density at radius 2 is 2.06 bits per heavy atom. The fourth-order valence-electron chi connectivity index (χ4n) is 1.60. The van der Waals surface area contributed by atoms with Crippen molar-refractivity contribution in [1.29, 1.82) is 0 Å². The molecule has 2 rings (SSSR count). The zero-order valence-corrected chi connectivity index (χ0v) is 10.4. The number of hydrogen-bond acceptors (Lipinski definition) is 4. The molecule has 0 aliphatic carbocycles. The van der Waals surface area contributed by atoms with Crippen molar-refractivity contribution in [1.82, 2.24) is 10.1 Å². The Hall–Kier alpha value is -2.17. The van der Waals surface area contributed by atoms with Gasteiger partial charge in [-0.1, -0.05) is 24.2 Å². The van der Waals surface area contributed by atoms with Gasteiger partial charge in [0.25, 0.3) is 0 Å². The lowest BCUT2D eigenvalue weighted by Crippen LogP contribution is -2.05. The molecular formula is C13H15N3O2. The van der Waals surface area contributed by atoms with Crippen molar-refractivity contribution < 1.29 is 9.32 Å².